The summed E-state index contributed by atoms with van der Waals surface area (Å²) in [6, 6.07) is -0.0602. The number of aliphatic hydroxyl groups is 10. The molecule has 3 aliphatic rings. The third-order valence-electron chi connectivity index (χ3n) is 12.5. The molecule has 27 heteroatoms. The highest BCUT2D eigenvalue weighted by Crippen LogP contribution is 2.32. The number of carbonyl (C=O) groups is 5. The molecule has 0 radical (unpaired) electrons. The summed E-state index contributed by atoms with van der Waals surface area (Å²) in [7, 11) is 1.74. The summed E-state index contributed by atoms with van der Waals surface area (Å²) in [6.07, 6.45) is -15.9. The first-order chi connectivity index (χ1) is 32.8. The van der Waals surface area contributed by atoms with E-state index in [4.69, 9.17) is 14.5 Å². The fourth-order valence-corrected chi connectivity index (χ4v) is 8.71. The third-order valence-corrected chi connectivity index (χ3v) is 12.5. The molecular formula is C43H70N8O19. The van der Waals surface area contributed by atoms with Crippen LogP contribution in [-0.2, 0) is 46.5 Å². The van der Waals surface area contributed by atoms with Crippen molar-refractivity contribution in [3.8, 4) is 0 Å². The normalized spacial score (nSPS) is 29.9. The van der Waals surface area contributed by atoms with Gasteiger partial charge in [0.15, 0.2) is 0 Å². The van der Waals surface area contributed by atoms with Crippen LogP contribution in [0.3, 0.4) is 0 Å². The average molecular weight is 1000 g/mol. The molecule has 2 fully saturated rings. The van der Waals surface area contributed by atoms with E-state index in [0.29, 0.717) is 17.1 Å². The Bertz CT molecular complexity index is 1830. The number of carboxylic acids is 2. The van der Waals surface area contributed by atoms with Gasteiger partial charge in [-0.2, -0.15) is 0 Å². The van der Waals surface area contributed by atoms with Crippen molar-refractivity contribution in [2.75, 3.05) is 59.5 Å². The highest BCUT2D eigenvalue weighted by atomic mass is 16.7. The number of likely N-dealkylation sites (N-methyl/N-ethyl adjacent to an activating group) is 1. The van der Waals surface area contributed by atoms with Gasteiger partial charge in [0.25, 0.3) is 11.8 Å². The Hall–Kier alpha value is -4.56. The maximum Gasteiger partial charge on any atom is 0.320 e. The van der Waals surface area contributed by atoms with Gasteiger partial charge in [-0.25, -0.2) is 0 Å². The summed E-state index contributed by atoms with van der Waals surface area (Å²) in [6.45, 7) is 4.60. The van der Waals surface area contributed by atoms with Crippen LogP contribution in [0.5, 0.6) is 0 Å². The minimum absolute atomic E-state index is 0.00777. The zero-order valence-electron chi connectivity index (χ0n) is 39.3. The first-order valence-corrected chi connectivity index (χ1v) is 22.8. The lowest BCUT2D eigenvalue weighted by atomic mass is 9.88. The van der Waals surface area contributed by atoms with Gasteiger partial charge < -0.3 is 96.9 Å². The summed E-state index contributed by atoms with van der Waals surface area (Å²) in [4.78, 5) is 74.0. The van der Waals surface area contributed by atoms with Gasteiger partial charge in [0, 0.05) is 77.8 Å². The Balaban J connectivity index is 1.44. The standard InChI is InChI=1S/C43H70N8O19/c1-22(2)46-32-28(55)16-42(67,69-36(32)34(59)30(57)20-52)40(65)44-10-8-26(38(61)62)50-14-12-49(4)13-15-51(19-25-7-5-6-24(18-50)48-25)27(39(63)64)9-11-45-41(66)43(68)17-29(56)33(47-23(3)54)37(70-43)35(60)31(58)21-53/h5-7,26-37,46,52-53,55-60,67-68H,1,8-21H2,2-4H3,(H,44,65)(H,45,66)(H,47,54)(H,61,62)(H,63,64)/t26?,27?,28-,29-,30+,31+,32+,33+,34+,35+,36+,37+,42-,43-/m0/s1. The van der Waals surface area contributed by atoms with Crippen molar-refractivity contribution >= 4 is 29.7 Å². The molecule has 3 amide bonds. The first kappa shape index (κ1) is 58.0. The molecule has 1 aromatic heterocycles. The minimum atomic E-state index is -2.82. The highest BCUT2D eigenvalue weighted by Gasteiger charge is 2.55. The molecule has 4 heterocycles. The molecule has 3 aliphatic heterocycles. The molecule has 0 aliphatic carbocycles. The van der Waals surface area contributed by atoms with E-state index in [9.17, 15) is 85.3 Å². The molecule has 70 heavy (non-hydrogen) atoms. The Morgan fingerprint density at radius 3 is 1.49 bits per heavy atom. The number of hydrogen-bond acceptors (Lipinski definition) is 22. The van der Waals surface area contributed by atoms with Gasteiger partial charge in [-0.3, -0.25) is 38.8 Å². The Morgan fingerprint density at radius 1 is 0.729 bits per heavy atom. The van der Waals surface area contributed by atoms with E-state index in [0.717, 1.165) is 6.92 Å². The van der Waals surface area contributed by atoms with Crippen LogP contribution in [0.4, 0.5) is 0 Å². The quantitative estimate of drug-likeness (QED) is 0.0544. The molecule has 14 atom stereocenters. The van der Waals surface area contributed by atoms with Crippen molar-refractivity contribution in [1.29, 1.82) is 0 Å². The predicted octanol–water partition coefficient (Wildman–Crippen LogP) is -7.35. The number of pyridine rings is 1. The van der Waals surface area contributed by atoms with Crippen molar-refractivity contribution in [3.63, 3.8) is 0 Å². The van der Waals surface area contributed by atoms with Crippen LogP contribution in [0, 0.1) is 0 Å². The molecular weight excluding hydrogens is 933 g/mol. The number of hydrogen-bond donors (Lipinski definition) is 16. The molecule has 0 saturated carbocycles. The van der Waals surface area contributed by atoms with Gasteiger partial charge in [0.05, 0.1) is 48.9 Å². The summed E-state index contributed by atoms with van der Waals surface area (Å²) >= 11 is 0. The number of aliphatic carboxylic acids is 2. The molecule has 0 spiro atoms. The second-order valence-electron chi connectivity index (χ2n) is 18.1. The molecule has 396 valence electrons. The molecule has 2 unspecified atom stereocenters. The number of fused-ring (bicyclic) bond motifs is 2. The topological polar surface area (TPSA) is 417 Å². The Labute approximate surface area is 403 Å². The van der Waals surface area contributed by atoms with E-state index in [1.165, 1.54) is 0 Å². The minimum Gasteiger partial charge on any atom is -0.480 e. The van der Waals surface area contributed by atoms with E-state index in [1.807, 2.05) is 4.90 Å². The number of amides is 3. The van der Waals surface area contributed by atoms with Crippen LogP contribution in [-0.4, -0.2) is 255 Å². The van der Waals surface area contributed by atoms with Crippen LogP contribution in [0.2, 0.25) is 0 Å². The average Bonchev–Trinajstić information content (AvgIpc) is 3.29. The van der Waals surface area contributed by atoms with E-state index in [-0.39, 0.29) is 65.2 Å². The second kappa shape index (κ2) is 25.7. The molecule has 2 saturated heterocycles. The summed E-state index contributed by atoms with van der Waals surface area (Å²) in [5, 5.41) is 135. The molecule has 0 aromatic carbocycles. The van der Waals surface area contributed by atoms with Gasteiger partial charge >= 0.3 is 11.9 Å². The molecule has 27 nitrogen and oxygen atoms in total. The van der Waals surface area contributed by atoms with Crippen LogP contribution in [0.1, 0.15) is 50.9 Å². The lowest BCUT2D eigenvalue weighted by Crippen LogP contribution is -2.68. The number of carbonyl (C=O) groups excluding carboxylic acids is 3. The number of nitrogens with zero attached hydrogens (tertiary/aromatic N) is 4. The van der Waals surface area contributed by atoms with Gasteiger partial charge in [0.1, 0.15) is 48.7 Å². The Kier molecular flexibility index (Phi) is 21.3. The molecule has 4 rings (SSSR count). The lowest BCUT2D eigenvalue weighted by Gasteiger charge is -2.46. The van der Waals surface area contributed by atoms with Crippen molar-refractivity contribution in [2.24, 2.45) is 0 Å². The Morgan fingerprint density at radius 2 is 1.13 bits per heavy atom. The molecule has 16 N–H and O–H groups in total. The number of aliphatic hydroxyl groups excluding tert-OH is 8. The number of ether oxygens (including phenoxy) is 2. The van der Waals surface area contributed by atoms with E-state index < -0.39 is 140 Å². The molecule has 2 bridgehead atoms. The molecule has 1 aromatic rings. The smallest absolute Gasteiger partial charge is 0.320 e. The fourth-order valence-electron chi connectivity index (χ4n) is 8.71. The van der Waals surface area contributed by atoms with Crippen molar-refractivity contribution in [1.82, 2.24) is 41.0 Å². The van der Waals surface area contributed by atoms with Gasteiger partial charge in [-0.1, -0.05) is 12.6 Å². The number of carboxylic acid groups (broad SMARTS) is 2. The van der Waals surface area contributed by atoms with Crippen LogP contribution in [0.15, 0.2) is 30.5 Å². The summed E-state index contributed by atoms with van der Waals surface area (Å²) in [5.41, 5.74) is 1.16. The van der Waals surface area contributed by atoms with E-state index in [1.54, 1.807) is 42.0 Å². The highest BCUT2D eigenvalue weighted by molar-refractivity contribution is 5.84. The summed E-state index contributed by atoms with van der Waals surface area (Å²) in [5.74, 6) is -11.1. The lowest BCUT2D eigenvalue weighted by molar-refractivity contribution is -0.287. The zero-order chi connectivity index (χ0) is 52.2. The SMILES string of the molecule is C=C(C)N[C@H]1[C@H]([C@H](O)[C@H](O)CO)O[C@](O)(C(=O)NCCC(C(=O)O)N2CCN(C)CCN(C(CCNC(=O)[C@]3(O)C[C@H](O)[C@@H](NC(C)=O)[C@H]([C@H](O)[C@H](O)CO)O3)C(=O)O)Cc3cccc(n3)C2)C[C@@H]1O. The number of allylic oxidation sites excluding steroid dienone is 1. The van der Waals surface area contributed by atoms with Gasteiger partial charge in [0.2, 0.25) is 17.5 Å². The van der Waals surface area contributed by atoms with Crippen molar-refractivity contribution in [2.45, 2.75) is 137 Å². The summed E-state index contributed by atoms with van der Waals surface area (Å²) < 4.78 is 11.1. The monoisotopic (exact) mass is 1000 g/mol. The number of nitrogens with one attached hydrogen (secondary N) is 4. The fraction of sp³-hybridized carbons (Fsp3) is 0.721. The van der Waals surface area contributed by atoms with E-state index >= 15 is 0 Å². The predicted molar refractivity (Wildman–Crippen MR) is 239 cm³/mol. The van der Waals surface area contributed by atoms with Crippen LogP contribution in [0.25, 0.3) is 0 Å². The first-order valence-electron chi connectivity index (χ1n) is 22.8. The number of rotatable bonds is 21. The largest absolute Gasteiger partial charge is 0.480 e. The van der Waals surface area contributed by atoms with Crippen molar-refractivity contribution in [3.05, 3.63) is 41.9 Å². The van der Waals surface area contributed by atoms with Crippen molar-refractivity contribution < 1.29 is 94.7 Å². The maximum absolute atomic E-state index is 13.4. The zero-order valence-corrected chi connectivity index (χ0v) is 39.3. The third kappa shape index (κ3) is 15.2. The number of aromatic nitrogens is 1. The van der Waals surface area contributed by atoms with Gasteiger partial charge in [-0.05, 0) is 38.9 Å². The maximum atomic E-state index is 13.4. The van der Waals surface area contributed by atoms with Gasteiger partial charge in [-0.15, -0.1) is 0 Å². The van der Waals surface area contributed by atoms with Crippen LogP contribution < -0.4 is 21.3 Å². The van der Waals surface area contributed by atoms with E-state index in [2.05, 4.69) is 27.8 Å². The second-order valence-corrected chi connectivity index (χ2v) is 18.1. The van der Waals surface area contributed by atoms with Crippen LogP contribution >= 0.6 is 0 Å².